The Morgan fingerprint density at radius 1 is 1.25 bits per heavy atom. The summed E-state index contributed by atoms with van der Waals surface area (Å²) in [5.41, 5.74) is 5.74. The van der Waals surface area contributed by atoms with Gasteiger partial charge in [0.1, 0.15) is 5.82 Å². The molecule has 0 aliphatic carbocycles. The molecule has 3 aromatic rings. The number of fused-ring (bicyclic) bond motifs is 1. The Kier molecular flexibility index (Phi) is 3.85. The van der Waals surface area contributed by atoms with Gasteiger partial charge in [0, 0.05) is 5.69 Å². The van der Waals surface area contributed by atoms with E-state index in [9.17, 15) is 13.2 Å². The smallest absolute Gasteiger partial charge is 0.319 e. The fourth-order valence-corrected chi connectivity index (χ4v) is 2.80. The Balaban J connectivity index is 2.38. The van der Waals surface area contributed by atoms with Crippen molar-refractivity contribution in [1.29, 1.82) is 0 Å². The van der Waals surface area contributed by atoms with Crippen molar-refractivity contribution < 1.29 is 13.2 Å². The molecule has 0 aliphatic heterocycles. The molecule has 0 spiro atoms. The van der Waals surface area contributed by atoms with Crippen LogP contribution in [-0.2, 0) is 11.7 Å². The summed E-state index contributed by atoms with van der Waals surface area (Å²) in [6.45, 7) is 3.48. The van der Waals surface area contributed by atoms with Crippen LogP contribution in [0.15, 0.2) is 36.4 Å². The summed E-state index contributed by atoms with van der Waals surface area (Å²) in [5, 5.41) is -0.377. The van der Waals surface area contributed by atoms with E-state index in [2.05, 4.69) is 11.1 Å². The van der Waals surface area contributed by atoms with Crippen LogP contribution in [0, 0.1) is 6.07 Å². The fourth-order valence-electron chi connectivity index (χ4n) is 2.53. The second kappa shape index (κ2) is 5.50. The summed E-state index contributed by atoms with van der Waals surface area (Å²) < 4.78 is 41.0. The molecule has 0 amide bonds. The van der Waals surface area contributed by atoms with Crippen molar-refractivity contribution in [3.05, 3.63) is 58.9 Å². The van der Waals surface area contributed by atoms with E-state index in [1.165, 1.54) is 6.07 Å². The van der Waals surface area contributed by atoms with E-state index in [0.29, 0.717) is 17.0 Å². The minimum Gasteiger partial charge on any atom is -0.319 e. The molecule has 125 valence electrons. The molecule has 3 nitrogen and oxygen atoms in total. The number of imidazole rings is 1. The van der Waals surface area contributed by atoms with E-state index >= 15 is 0 Å². The Morgan fingerprint density at radius 3 is 2.50 bits per heavy atom. The van der Waals surface area contributed by atoms with Crippen LogP contribution in [0.4, 0.5) is 13.2 Å². The molecule has 0 unspecified atom stereocenters. The highest BCUT2D eigenvalue weighted by molar-refractivity contribution is 6.32. The van der Waals surface area contributed by atoms with Crippen LogP contribution in [0.5, 0.6) is 0 Å². The Bertz CT molecular complexity index is 893. The molecule has 2 N–H and O–H groups in total. The SMILES string of the molecule is CC(C)(N)c1nc2cc(C(F)(F)F)c(Cl)cc2n1-c1c[c]ccc1. The van der Waals surface area contributed by atoms with Crippen LogP contribution >= 0.6 is 11.6 Å². The number of rotatable bonds is 2. The first-order valence-electron chi connectivity index (χ1n) is 7.14. The molecule has 0 fully saturated rings. The zero-order valence-corrected chi connectivity index (χ0v) is 13.7. The van der Waals surface area contributed by atoms with Gasteiger partial charge in [-0.15, -0.1) is 0 Å². The number of nitrogens with two attached hydrogens (primary N) is 1. The third-order valence-electron chi connectivity index (χ3n) is 3.57. The molecule has 0 atom stereocenters. The number of hydrogen-bond donors (Lipinski definition) is 1. The van der Waals surface area contributed by atoms with E-state index in [0.717, 1.165) is 6.07 Å². The minimum absolute atomic E-state index is 0.184. The molecular formula is C17H14ClF3N3. The summed E-state index contributed by atoms with van der Waals surface area (Å²) in [7, 11) is 0. The van der Waals surface area contributed by atoms with Crippen molar-refractivity contribution in [3.8, 4) is 5.69 Å². The summed E-state index contributed by atoms with van der Waals surface area (Å²) in [5.74, 6) is 0.437. The van der Waals surface area contributed by atoms with Gasteiger partial charge in [-0.2, -0.15) is 13.2 Å². The van der Waals surface area contributed by atoms with E-state index in [-0.39, 0.29) is 10.5 Å². The average Bonchev–Trinajstić information content (AvgIpc) is 2.84. The average molecular weight is 353 g/mol. The monoisotopic (exact) mass is 352 g/mol. The number of hydrogen-bond acceptors (Lipinski definition) is 2. The summed E-state index contributed by atoms with van der Waals surface area (Å²) >= 11 is 5.87. The van der Waals surface area contributed by atoms with Crippen molar-refractivity contribution >= 4 is 22.6 Å². The molecule has 7 heteroatoms. The van der Waals surface area contributed by atoms with Gasteiger partial charge in [0.15, 0.2) is 0 Å². The van der Waals surface area contributed by atoms with E-state index in [1.807, 2.05) is 0 Å². The number of halogens is 4. The van der Waals surface area contributed by atoms with Crippen LogP contribution in [0.25, 0.3) is 16.7 Å². The Hall–Kier alpha value is -2.05. The molecular weight excluding hydrogens is 339 g/mol. The largest absolute Gasteiger partial charge is 0.417 e. The lowest BCUT2D eigenvalue weighted by Gasteiger charge is -2.20. The lowest BCUT2D eigenvalue weighted by Crippen LogP contribution is -2.32. The molecule has 0 saturated heterocycles. The molecule has 1 heterocycles. The highest BCUT2D eigenvalue weighted by Crippen LogP contribution is 2.38. The molecule has 1 radical (unpaired) electrons. The van der Waals surface area contributed by atoms with Crippen molar-refractivity contribution in [2.24, 2.45) is 5.73 Å². The van der Waals surface area contributed by atoms with Crippen LogP contribution in [-0.4, -0.2) is 9.55 Å². The first kappa shape index (κ1) is 16.8. The lowest BCUT2D eigenvalue weighted by molar-refractivity contribution is -0.137. The molecule has 0 saturated carbocycles. The van der Waals surface area contributed by atoms with Gasteiger partial charge in [-0.05, 0) is 44.2 Å². The van der Waals surface area contributed by atoms with E-state index in [1.54, 1.807) is 42.7 Å². The van der Waals surface area contributed by atoms with Gasteiger partial charge in [0.25, 0.3) is 0 Å². The highest BCUT2D eigenvalue weighted by Gasteiger charge is 2.35. The predicted octanol–water partition coefficient (Wildman–Crippen LogP) is 4.69. The van der Waals surface area contributed by atoms with Gasteiger partial charge in [-0.25, -0.2) is 4.98 Å². The molecule has 24 heavy (non-hydrogen) atoms. The maximum Gasteiger partial charge on any atom is 0.417 e. The van der Waals surface area contributed by atoms with Crippen molar-refractivity contribution in [3.63, 3.8) is 0 Å². The summed E-state index contributed by atoms with van der Waals surface area (Å²) in [6.07, 6.45) is -4.55. The molecule has 1 aromatic heterocycles. The second-order valence-electron chi connectivity index (χ2n) is 6.07. The standard InChI is InChI=1S/C17H14ClF3N3/c1-16(2,22)15-23-13-8-11(17(19,20)21)12(18)9-14(13)24(15)10-6-4-3-5-7-10/h3-4,6-9H,22H2,1-2H3. The first-order chi connectivity index (χ1) is 11.1. The molecule has 2 aromatic carbocycles. The van der Waals surface area contributed by atoms with Gasteiger partial charge < -0.3 is 5.73 Å². The van der Waals surface area contributed by atoms with Gasteiger partial charge in [-0.3, -0.25) is 4.57 Å². The summed E-state index contributed by atoms with van der Waals surface area (Å²) in [6, 6.07) is 12.2. The Labute approximate surface area is 141 Å². The van der Waals surface area contributed by atoms with Crippen LogP contribution in [0.2, 0.25) is 5.02 Å². The van der Waals surface area contributed by atoms with Crippen LogP contribution in [0.1, 0.15) is 25.2 Å². The van der Waals surface area contributed by atoms with Crippen LogP contribution in [0.3, 0.4) is 0 Å². The zero-order chi connectivity index (χ0) is 17.7. The van der Waals surface area contributed by atoms with Gasteiger partial charge >= 0.3 is 6.18 Å². The van der Waals surface area contributed by atoms with E-state index < -0.39 is 17.3 Å². The maximum atomic E-state index is 13.1. The highest BCUT2D eigenvalue weighted by atomic mass is 35.5. The van der Waals surface area contributed by atoms with Gasteiger partial charge in [-0.1, -0.05) is 23.7 Å². The van der Waals surface area contributed by atoms with Crippen molar-refractivity contribution in [2.45, 2.75) is 25.6 Å². The van der Waals surface area contributed by atoms with Crippen molar-refractivity contribution in [1.82, 2.24) is 9.55 Å². The van der Waals surface area contributed by atoms with Crippen LogP contribution < -0.4 is 5.73 Å². The number of aromatic nitrogens is 2. The lowest BCUT2D eigenvalue weighted by atomic mass is 10.1. The van der Waals surface area contributed by atoms with Crippen molar-refractivity contribution in [2.75, 3.05) is 0 Å². The Morgan fingerprint density at radius 2 is 1.96 bits per heavy atom. The van der Waals surface area contributed by atoms with Gasteiger partial charge in [0.05, 0.1) is 27.2 Å². The number of benzene rings is 2. The fraction of sp³-hybridized carbons (Fsp3) is 0.235. The minimum atomic E-state index is -4.55. The molecule has 3 rings (SSSR count). The number of nitrogens with zero attached hydrogens (tertiary/aromatic N) is 2. The molecule has 0 bridgehead atoms. The number of alkyl halides is 3. The predicted molar refractivity (Wildman–Crippen MR) is 87.1 cm³/mol. The third kappa shape index (κ3) is 2.87. The summed E-state index contributed by atoms with van der Waals surface area (Å²) in [4.78, 5) is 4.34. The topological polar surface area (TPSA) is 43.8 Å². The third-order valence-corrected chi connectivity index (χ3v) is 3.89. The quantitative estimate of drug-likeness (QED) is 0.727. The van der Waals surface area contributed by atoms with Gasteiger partial charge in [0.2, 0.25) is 0 Å². The molecule has 0 aliphatic rings. The second-order valence-corrected chi connectivity index (χ2v) is 6.48. The van der Waals surface area contributed by atoms with E-state index in [4.69, 9.17) is 17.3 Å². The zero-order valence-electron chi connectivity index (χ0n) is 12.9. The normalized spacial score (nSPS) is 12.8. The first-order valence-corrected chi connectivity index (χ1v) is 7.52. The maximum absolute atomic E-state index is 13.1.